The molecule has 19 heavy (non-hydrogen) atoms. The van der Waals surface area contributed by atoms with Gasteiger partial charge in [0.2, 0.25) is 5.28 Å². The number of fused-ring (bicyclic) bond motifs is 1. The fraction of sp³-hybridized carbons (Fsp3) is 0.0714. The summed E-state index contributed by atoms with van der Waals surface area (Å²) < 4.78 is 5.00. The zero-order chi connectivity index (χ0) is 13.2. The molecular weight excluding hydrogens is 262 g/mol. The molecule has 0 aliphatic heterocycles. The zero-order valence-corrected chi connectivity index (χ0v) is 10.9. The van der Waals surface area contributed by atoms with Gasteiger partial charge in [0.1, 0.15) is 0 Å². The Labute approximate surface area is 115 Å². The summed E-state index contributed by atoms with van der Waals surface area (Å²) in [6.07, 6.45) is 0. The fourth-order valence-electron chi connectivity index (χ4n) is 1.88. The van der Waals surface area contributed by atoms with Gasteiger partial charge in [-0.15, -0.1) is 0 Å². The van der Waals surface area contributed by atoms with Crippen molar-refractivity contribution in [3.8, 4) is 17.4 Å². The van der Waals surface area contributed by atoms with E-state index in [4.69, 9.17) is 16.3 Å². The molecule has 1 aromatic heterocycles. The second-order valence-electron chi connectivity index (χ2n) is 3.98. The third kappa shape index (κ3) is 2.35. The zero-order valence-electron chi connectivity index (χ0n) is 10.2. The normalized spacial score (nSPS) is 10.6. The topological polar surface area (TPSA) is 47.9 Å². The van der Waals surface area contributed by atoms with E-state index >= 15 is 0 Å². The van der Waals surface area contributed by atoms with Gasteiger partial charge in [-0.3, -0.25) is 0 Å². The maximum Gasteiger partial charge on any atom is 0.321 e. The number of aromatic nitrogens is 3. The Bertz CT molecular complexity index is 746. The van der Waals surface area contributed by atoms with Crippen LogP contribution in [0.1, 0.15) is 0 Å². The van der Waals surface area contributed by atoms with E-state index in [1.807, 2.05) is 36.4 Å². The number of halogens is 1. The predicted molar refractivity (Wildman–Crippen MR) is 74.3 cm³/mol. The van der Waals surface area contributed by atoms with Crippen molar-refractivity contribution in [3.63, 3.8) is 0 Å². The highest BCUT2D eigenvalue weighted by molar-refractivity contribution is 6.28. The maximum atomic E-state index is 5.85. The molecule has 0 saturated carbocycles. The molecule has 0 atom stereocenters. The van der Waals surface area contributed by atoms with Crippen molar-refractivity contribution >= 4 is 22.4 Å². The third-order valence-corrected chi connectivity index (χ3v) is 2.95. The molecule has 0 radical (unpaired) electrons. The van der Waals surface area contributed by atoms with E-state index in [1.54, 1.807) is 0 Å². The van der Waals surface area contributed by atoms with Crippen LogP contribution in [-0.4, -0.2) is 22.1 Å². The number of rotatable bonds is 2. The monoisotopic (exact) mass is 271 g/mol. The van der Waals surface area contributed by atoms with Gasteiger partial charge < -0.3 is 4.74 Å². The van der Waals surface area contributed by atoms with Gasteiger partial charge in [0.25, 0.3) is 0 Å². The lowest BCUT2D eigenvalue weighted by Crippen LogP contribution is -1.97. The van der Waals surface area contributed by atoms with Crippen LogP contribution in [0.25, 0.3) is 22.2 Å². The van der Waals surface area contributed by atoms with Crippen molar-refractivity contribution in [1.82, 2.24) is 15.0 Å². The Morgan fingerprint density at radius 3 is 2.53 bits per heavy atom. The van der Waals surface area contributed by atoms with E-state index < -0.39 is 0 Å². The van der Waals surface area contributed by atoms with Crippen molar-refractivity contribution in [2.45, 2.75) is 0 Å². The number of nitrogens with zero attached hydrogens (tertiary/aromatic N) is 3. The van der Waals surface area contributed by atoms with Crippen LogP contribution in [0.2, 0.25) is 5.28 Å². The van der Waals surface area contributed by atoms with Gasteiger partial charge in [-0.1, -0.05) is 36.4 Å². The van der Waals surface area contributed by atoms with Crippen LogP contribution in [0.15, 0.2) is 42.5 Å². The van der Waals surface area contributed by atoms with Gasteiger partial charge in [0, 0.05) is 5.56 Å². The highest BCUT2D eigenvalue weighted by Gasteiger charge is 2.08. The van der Waals surface area contributed by atoms with Gasteiger partial charge in [-0.25, -0.2) is 0 Å². The lowest BCUT2D eigenvalue weighted by Gasteiger charge is -2.04. The second kappa shape index (κ2) is 4.82. The van der Waals surface area contributed by atoms with Crippen LogP contribution >= 0.6 is 11.6 Å². The summed E-state index contributed by atoms with van der Waals surface area (Å²) in [5.74, 6) is 0.502. The third-order valence-electron chi connectivity index (χ3n) is 2.78. The molecule has 1 heterocycles. The summed E-state index contributed by atoms with van der Waals surface area (Å²) in [5, 5.41) is 2.41. The molecule has 0 spiro atoms. The van der Waals surface area contributed by atoms with E-state index in [1.165, 1.54) is 12.5 Å². The summed E-state index contributed by atoms with van der Waals surface area (Å²) in [6.45, 7) is 0. The first-order valence-electron chi connectivity index (χ1n) is 5.71. The Kier molecular flexibility index (Phi) is 3.01. The quantitative estimate of drug-likeness (QED) is 0.717. The van der Waals surface area contributed by atoms with Gasteiger partial charge >= 0.3 is 6.01 Å². The number of hydrogen-bond donors (Lipinski definition) is 0. The van der Waals surface area contributed by atoms with Crippen LogP contribution in [-0.2, 0) is 0 Å². The summed E-state index contributed by atoms with van der Waals surface area (Å²) in [5.41, 5.74) is 0.876. The molecule has 0 fully saturated rings. The molecule has 0 unspecified atom stereocenters. The molecule has 0 aliphatic carbocycles. The first kappa shape index (κ1) is 11.9. The minimum atomic E-state index is 0.120. The van der Waals surface area contributed by atoms with Crippen LogP contribution in [0, 0.1) is 0 Å². The van der Waals surface area contributed by atoms with Crippen LogP contribution < -0.4 is 4.74 Å². The summed E-state index contributed by atoms with van der Waals surface area (Å²) in [4.78, 5) is 12.2. The summed E-state index contributed by atoms with van der Waals surface area (Å²) in [6, 6.07) is 14.3. The predicted octanol–water partition coefficient (Wildman–Crippen LogP) is 3.35. The van der Waals surface area contributed by atoms with Crippen molar-refractivity contribution in [2.75, 3.05) is 7.11 Å². The largest absolute Gasteiger partial charge is 0.467 e. The molecule has 4 nitrogen and oxygen atoms in total. The molecule has 0 N–H and O–H groups in total. The standard InChI is InChI=1S/C14H10ClN3O/c1-19-14-17-12(16-13(15)18-14)11-7-6-9-4-2-3-5-10(9)8-11/h2-8H,1H3. The van der Waals surface area contributed by atoms with Gasteiger partial charge in [-0.2, -0.15) is 15.0 Å². The molecular formula is C14H10ClN3O. The lowest BCUT2D eigenvalue weighted by atomic mass is 10.1. The van der Waals surface area contributed by atoms with E-state index in [0.29, 0.717) is 5.82 Å². The number of methoxy groups -OCH3 is 1. The molecule has 0 amide bonds. The Morgan fingerprint density at radius 2 is 1.74 bits per heavy atom. The number of benzene rings is 2. The number of hydrogen-bond acceptors (Lipinski definition) is 4. The van der Waals surface area contributed by atoms with Crippen molar-refractivity contribution in [3.05, 3.63) is 47.7 Å². The van der Waals surface area contributed by atoms with E-state index in [-0.39, 0.29) is 11.3 Å². The van der Waals surface area contributed by atoms with Gasteiger partial charge in [0.15, 0.2) is 5.82 Å². The minimum Gasteiger partial charge on any atom is -0.467 e. The molecule has 0 aliphatic rings. The molecule has 0 saturated heterocycles. The van der Waals surface area contributed by atoms with Crippen molar-refractivity contribution < 1.29 is 4.74 Å². The van der Waals surface area contributed by atoms with E-state index in [2.05, 4.69) is 21.0 Å². The Hall–Kier alpha value is -2.20. The summed E-state index contributed by atoms with van der Waals surface area (Å²) in [7, 11) is 1.50. The molecule has 0 bridgehead atoms. The Morgan fingerprint density at radius 1 is 0.947 bits per heavy atom. The lowest BCUT2D eigenvalue weighted by molar-refractivity contribution is 0.379. The van der Waals surface area contributed by atoms with E-state index in [9.17, 15) is 0 Å². The Balaban J connectivity index is 2.15. The first-order valence-corrected chi connectivity index (χ1v) is 6.09. The number of ether oxygens (including phenoxy) is 1. The van der Waals surface area contributed by atoms with Gasteiger partial charge in [-0.05, 0) is 28.4 Å². The average molecular weight is 272 g/mol. The summed E-state index contributed by atoms with van der Waals surface area (Å²) >= 11 is 5.85. The van der Waals surface area contributed by atoms with Crippen LogP contribution in [0.3, 0.4) is 0 Å². The van der Waals surface area contributed by atoms with Crippen LogP contribution in [0.5, 0.6) is 6.01 Å². The fourth-order valence-corrected chi connectivity index (χ4v) is 2.03. The molecule has 3 aromatic rings. The van der Waals surface area contributed by atoms with Gasteiger partial charge in [0.05, 0.1) is 7.11 Å². The minimum absolute atomic E-state index is 0.120. The van der Waals surface area contributed by atoms with E-state index in [0.717, 1.165) is 10.9 Å². The molecule has 3 rings (SSSR count). The molecule has 5 heteroatoms. The SMILES string of the molecule is COc1nc(Cl)nc(-c2ccc3ccccc3c2)n1. The second-order valence-corrected chi connectivity index (χ2v) is 4.31. The molecule has 94 valence electrons. The molecule has 2 aromatic carbocycles. The highest BCUT2D eigenvalue weighted by atomic mass is 35.5. The highest BCUT2D eigenvalue weighted by Crippen LogP contribution is 2.23. The first-order chi connectivity index (χ1) is 9.26. The van der Waals surface area contributed by atoms with Crippen LogP contribution in [0.4, 0.5) is 0 Å². The smallest absolute Gasteiger partial charge is 0.321 e. The average Bonchev–Trinajstić information content (AvgIpc) is 2.46. The maximum absolute atomic E-state index is 5.85. The van der Waals surface area contributed by atoms with Crippen molar-refractivity contribution in [2.24, 2.45) is 0 Å². The van der Waals surface area contributed by atoms with Crippen molar-refractivity contribution in [1.29, 1.82) is 0 Å².